The lowest BCUT2D eigenvalue weighted by molar-refractivity contribution is 0.0979. The predicted octanol–water partition coefficient (Wildman–Crippen LogP) is 5.93. The molecule has 0 N–H and O–H groups in total. The van der Waals surface area contributed by atoms with Crippen molar-refractivity contribution in [1.29, 1.82) is 0 Å². The molecule has 100 valence electrons. The van der Waals surface area contributed by atoms with E-state index in [-0.39, 0.29) is 5.78 Å². The van der Waals surface area contributed by atoms with Crippen molar-refractivity contribution in [2.24, 2.45) is 0 Å². The average Bonchev–Trinajstić information content (AvgIpc) is 2.33. The second-order valence-corrected chi connectivity index (χ2v) is 5.41. The Bertz CT molecular complexity index is 388. The Balaban J connectivity index is 2.32. The predicted molar refractivity (Wildman–Crippen MR) is 78.8 cm³/mol. The molecule has 0 fully saturated rings. The van der Waals surface area contributed by atoms with Crippen LogP contribution >= 0.6 is 23.2 Å². The monoisotopic (exact) mass is 286 g/mol. The largest absolute Gasteiger partial charge is 0.294 e. The lowest BCUT2D eigenvalue weighted by Gasteiger charge is -2.04. The summed E-state index contributed by atoms with van der Waals surface area (Å²) in [5.74, 6) is 0.118. The number of unbranched alkanes of at least 4 members (excludes halogenated alkanes) is 5. The van der Waals surface area contributed by atoms with E-state index in [2.05, 4.69) is 6.92 Å². The molecule has 0 saturated heterocycles. The molecule has 18 heavy (non-hydrogen) atoms. The summed E-state index contributed by atoms with van der Waals surface area (Å²) in [6, 6.07) is 5.05. The van der Waals surface area contributed by atoms with Crippen LogP contribution in [0.25, 0.3) is 0 Å². The molecule has 0 aromatic heterocycles. The number of Topliss-reactive ketones (excluding diaryl/α,β-unsaturated/α-hetero) is 1. The Morgan fingerprint density at radius 1 is 1.06 bits per heavy atom. The van der Waals surface area contributed by atoms with Crippen molar-refractivity contribution in [2.45, 2.75) is 51.9 Å². The average molecular weight is 287 g/mol. The summed E-state index contributed by atoms with van der Waals surface area (Å²) in [5.41, 5.74) is 0.592. The lowest BCUT2D eigenvalue weighted by Crippen LogP contribution is -1.99. The number of carbonyl (C=O) groups is 1. The summed E-state index contributed by atoms with van der Waals surface area (Å²) >= 11 is 11.8. The van der Waals surface area contributed by atoms with Crippen LogP contribution in [0.15, 0.2) is 18.2 Å². The number of ketones is 1. The van der Waals surface area contributed by atoms with Crippen LogP contribution in [0, 0.1) is 0 Å². The molecule has 0 heterocycles. The van der Waals surface area contributed by atoms with Gasteiger partial charge in [-0.3, -0.25) is 4.79 Å². The fourth-order valence-electron chi connectivity index (χ4n) is 1.92. The fourth-order valence-corrected chi connectivity index (χ4v) is 2.43. The molecule has 1 aromatic rings. The highest BCUT2D eigenvalue weighted by atomic mass is 35.5. The van der Waals surface area contributed by atoms with E-state index < -0.39 is 0 Å². The number of benzene rings is 1. The molecular formula is C15H20Cl2O. The summed E-state index contributed by atoms with van der Waals surface area (Å²) < 4.78 is 0. The highest BCUT2D eigenvalue weighted by molar-refractivity contribution is 6.36. The maximum absolute atomic E-state index is 11.9. The molecule has 1 aromatic carbocycles. The maximum Gasteiger partial charge on any atom is 0.164 e. The van der Waals surface area contributed by atoms with Gasteiger partial charge in [0.05, 0.1) is 5.02 Å². The van der Waals surface area contributed by atoms with E-state index >= 15 is 0 Å². The number of hydrogen-bond acceptors (Lipinski definition) is 1. The van der Waals surface area contributed by atoms with E-state index in [0.29, 0.717) is 22.0 Å². The van der Waals surface area contributed by atoms with Crippen molar-refractivity contribution in [3.05, 3.63) is 33.8 Å². The Kier molecular flexibility index (Phi) is 7.38. The van der Waals surface area contributed by atoms with E-state index in [4.69, 9.17) is 23.2 Å². The minimum absolute atomic E-state index is 0.118. The molecule has 0 atom stereocenters. The molecule has 1 rings (SSSR count). The first-order valence-electron chi connectivity index (χ1n) is 6.63. The summed E-state index contributed by atoms with van der Waals surface area (Å²) in [6.07, 6.45) is 7.67. The zero-order chi connectivity index (χ0) is 13.4. The topological polar surface area (TPSA) is 17.1 Å². The molecule has 0 aliphatic heterocycles. The first-order valence-corrected chi connectivity index (χ1v) is 7.39. The molecule has 0 unspecified atom stereocenters. The normalized spacial score (nSPS) is 10.6. The second-order valence-electron chi connectivity index (χ2n) is 4.57. The van der Waals surface area contributed by atoms with E-state index in [1.807, 2.05) is 0 Å². The molecule has 0 spiro atoms. The number of halogens is 2. The van der Waals surface area contributed by atoms with Gasteiger partial charge in [0.2, 0.25) is 0 Å². The zero-order valence-electron chi connectivity index (χ0n) is 10.8. The van der Waals surface area contributed by atoms with Crippen LogP contribution in [0.4, 0.5) is 0 Å². The Morgan fingerprint density at radius 2 is 1.72 bits per heavy atom. The van der Waals surface area contributed by atoms with Crippen molar-refractivity contribution in [2.75, 3.05) is 0 Å². The highest BCUT2D eigenvalue weighted by Crippen LogP contribution is 2.23. The van der Waals surface area contributed by atoms with E-state index in [9.17, 15) is 4.79 Å². The van der Waals surface area contributed by atoms with Gasteiger partial charge in [-0.25, -0.2) is 0 Å². The molecule has 0 radical (unpaired) electrons. The summed E-state index contributed by atoms with van der Waals surface area (Å²) in [6.45, 7) is 2.20. The van der Waals surface area contributed by atoms with Crippen molar-refractivity contribution in [3.63, 3.8) is 0 Å². The van der Waals surface area contributed by atoms with Crippen LogP contribution in [-0.2, 0) is 0 Å². The van der Waals surface area contributed by atoms with Gasteiger partial charge in [0, 0.05) is 17.0 Å². The van der Waals surface area contributed by atoms with Gasteiger partial charge >= 0.3 is 0 Å². The van der Waals surface area contributed by atoms with Crippen LogP contribution in [0.5, 0.6) is 0 Å². The van der Waals surface area contributed by atoms with Crippen LogP contribution in [0.3, 0.4) is 0 Å². The van der Waals surface area contributed by atoms with Crippen LogP contribution in [0.1, 0.15) is 62.2 Å². The summed E-state index contributed by atoms with van der Waals surface area (Å²) in [5, 5.41) is 1.02. The maximum atomic E-state index is 11.9. The van der Waals surface area contributed by atoms with Crippen molar-refractivity contribution < 1.29 is 4.79 Å². The van der Waals surface area contributed by atoms with E-state index in [0.717, 1.165) is 12.8 Å². The summed E-state index contributed by atoms with van der Waals surface area (Å²) in [7, 11) is 0. The van der Waals surface area contributed by atoms with Gasteiger partial charge in [-0.15, -0.1) is 0 Å². The molecule has 0 bridgehead atoms. The Hall–Kier alpha value is -0.530. The lowest BCUT2D eigenvalue weighted by atomic mass is 10.0. The third kappa shape index (κ3) is 5.41. The number of hydrogen-bond donors (Lipinski definition) is 0. The second kappa shape index (κ2) is 8.55. The Labute approximate surface area is 119 Å². The van der Waals surface area contributed by atoms with Crippen molar-refractivity contribution in [3.8, 4) is 0 Å². The van der Waals surface area contributed by atoms with Crippen LogP contribution in [-0.4, -0.2) is 5.78 Å². The smallest absolute Gasteiger partial charge is 0.164 e. The highest BCUT2D eigenvalue weighted by Gasteiger charge is 2.10. The molecule has 3 heteroatoms. The number of carbonyl (C=O) groups excluding carboxylic acids is 1. The van der Waals surface area contributed by atoms with Gasteiger partial charge in [-0.2, -0.15) is 0 Å². The van der Waals surface area contributed by atoms with Gasteiger partial charge in [0.15, 0.2) is 5.78 Å². The molecular weight excluding hydrogens is 267 g/mol. The molecule has 1 nitrogen and oxygen atoms in total. The fraction of sp³-hybridized carbons (Fsp3) is 0.533. The first kappa shape index (κ1) is 15.5. The minimum Gasteiger partial charge on any atom is -0.294 e. The third-order valence-electron chi connectivity index (χ3n) is 2.99. The SMILES string of the molecule is CCCCCCCCC(=O)c1ccc(Cl)cc1Cl. The zero-order valence-corrected chi connectivity index (χ0v) is 12.4. The number of rotatable bonds is 8. The van der Waals surface area contributed by atoms with Crippen molar-refractivity contribution >= 4 is 29.0 Å². The molecule has 0 saturated carbocycles. The van der Waals surface area contributed by atoms with Gasteiger partial charge in [0.1, 0.15) is 0 Å². The van der Waals surface area contributed by atoms with Gasteiger partial charge in [-0.05, 0) is 24.6 Å². The molecule has 0 aliphatic carbocycles. The van der Waals surface area contributed by atoms with E-state index in [1.54, 1.807) is 18.2 Å². The third-order valence-corrected chi connectivity index (χ3v) is 3.54. The molecule has 0 amide bonds. The quantitative estimate of drug-likeness (QED) is 0.428. The minimum atomic E-state index is 0.118. The van der Waals surface area contributed by atoms with Gasteiger partial charge < -0.3 is 0 Å². The van der Waals surface area contributed by atoms with Crippen molar-refractivity contribution in [1.82, 2.24) is 0 Å². The molecule has 0 aliphatic rings. The van der Waals surface area contributed by atoms with Crippen LogP contribution < -0.4 is 0 Å². The van der Waals surface area contributed by atoms with Gasteiger partial charge in [-0.1, -0.05) is 62.2 Å². The van der Waals surface area contributed by atoms with E-state index in [1.165, 1.54) is 25.7 Å². The van der Waals surface area contributed by atoms with Gasteiger partial charge in [0.25, 0.3) is 0 Å². The first-order chi connectivity index (χ1) is 8.65. The standard InChI is InChI=1S/C15H20Cl2O/c1-2-3-4-5-6-7-8-15(18)13-10-9-12(16)11-14(13)17/h9-11H,2-8H2,1H3. The Morgan fingerprint density at radius 3 is 2.39 bits per heavy atom. The summed E-state index contributed by atoms with van der Waals surface area (Å²) in [4.78, 5) is 11.9. The van der Waals surface area contributed by atoms with Crippen LogP contribution in [0.2, 0.25) is 10.0 Å².